The van der Waals surface area contributed by atoms with Gasteiger partial charge in [0.25, 0.3) is 0 Å². The molecule has 0 heterocycles. The first-order valence-corrected chi connectivity index (χ1v) is 8.13. The van der Waals surface area contributed by atoms with Crippen molar-refractivity contribution in [3.8, 4) is 0 Å². The van der Waals surface area contributed by atoms with Crippen LogP contribution in [0.25, 0.3) is 0 Å². The third-order valence-electron chi connectivity index (χ3n) is 6.07. The highest BCUT2D eigenvalue weighted by Gasteiger charge is 2.54. The maximum atomic E-state index is 11.5. The lowest BCUT2D eigenvalue weighted by atomic mass is 9.60. The van der Waals surface area contributed by atoms with Gasteiger partial charge < -0.3 is 10.8 Å². The summed E-state index contributed by atoms with van der Waals surface area (Å²) in [4.78, 5) is 0. The van der Waals surface area contributed by atoms with Gasteiger partial charge in [0.1, 0.15) is 0 Å². The second-order valence-corrected chi connectivity index (χ2v) is 6.93. The van der Waals surface area contributed by atoms with Gasteiger partial charge in [-0.25, -0.2) is 0 Å². The minimum absolute atomic E-state index is 0.244. The molecule has 0 aromatic heterocycles. The number of fused-ring (bicyclic) bond motifs is 1. The number of rotatable bonds is 3. The van der Waals surface area contributed by atoms with Crippen LogP contribution in [-0.2, 0) is 11.8 Å². The fraction of sp³-hybridized carbons (Fsp3) is 0.667. The SMILES string of the molecule is CC(O)(C1CCCCC1)C1(CN)CCc2ccccc21. The van der Waals surface area contributed by atoms with Crippen molar-refractivity contribution in [2.75, 3.05) is 6.54 Å². The van der Waals surface area contributed by atoms with Gasteiger partial charge in [0.2, 0.25) is 0 Å². The summed E-state index contributed by atoms with van der Waals surface area (Å²) in [5.74, 6) is 0.394. The van der Waals surface area contributed by atoms with E-state index in [9.17, 15) is 5.11 Å². The zero-order chi connectivity index (χ0) is 14.2. The van der Waals surface area contributed by atoms with Gasteiger partial charge in [0.05, 0.1) is 5.60 Å². The van der Waals surface area contributed by atoms with Crippen LogP contribution in [0.5, 0.6) is 0 Å². The minimum Gasteiger partial charge on any atom is -0.389 e. The molecule has 110 valence electrons. The summed E-state index contributed by atoms with van der Waals surface area (Å²) in [7, 11) is 0. The Balaban J connectivity index is 2.01. The Labute approximate surface area is 122 Å². The van der Waals surface area contributed by atoms with Crippen molar-refractivity contribution in [1.82, 2.24) is 0 Å². The van der Waals surface area contributed by atoms with Crippen LogP contribution in [0.15, 0.2) is 24.3 Å². The van der Waals surface area contributed by atoms with E-state index in [2.05, 4.69) is 31.2 Å². The smallest absolute Gasteiger partial charge is 0.0756 e. The number of benzene rings is 1. The molecule has 20 heavy (non-hydrogen) atoms. The lowest BCUT2D eigenvalue weighted by molar-refractivity contribution is -0.0812. The standard InChI is InChI=1S/C18H27NO/c1-17(20,15-8-3-2-4-9-15)18(13-19)12-11-14-7-5-6-10-16(14)18/h5-7,10,15,20H,2-4,8-9,11-13,19H2,1H3. The molecule has 1 aromatic rings. The molecule has 0 radical (unpaired) electrons. The summed E-state index contributed by atoms with van der Waals surface area (Å²) in [5, 5.41) is 11.5. The monoisotopic (exact) mass is 273 g/mol. The summed E-state index contributed by atoms with van der Waals surface area (Å²) < 4.78 is 0. The largest absolute Gasteiger partial charge is 0.389 e. The van der Waals surface area contributed by atoms with E-state index in [-0.39, 0.29) is 5.41 Å². The van der Waals surface area contributed by atoms with E-state index >= 15 is 0 Å². The van der Waals surface area contributed by atoms with Crippen LogP contribution in [0.3, 0.4) is 0 Å². The lowest BCUT2D eigenvalue weighted by Crippen LogP contribution is -2.57. The van der Waals surface area contributed by atoms with Crippen molar-refractivity contribution in [1.29, 1.82) is 0 Å². The van der Waals surface area contributed by atoms with Gasteiger partial charge in [-0.2, -0.15) is 0 Å². The van der Waals surface area contributed by atoms with Gasteiger partial charge in [0, 0.05) is 12.0 Å². The van der Waals surface area contributed by atoms with Crippen molar-refractivity contribution in [2.24, 2.45) is 11.7 Å². The molecule has 2 aliphatic carbocycles. The normalized spacial score (nSPS) is 29.9. The van der Waals surface area contributed by atoms with Crippen LogP contribution in [0.2, 0.25) is 0 Å². The molecule has 0 amide bonds. The fourth-order valence-corrected chi connectivity index (χ4v) is 4.69. The third-order valence-corrected chi connectivity index (χ3v) is 6.07. The van der Waals surface area contributed by atoms with Crippen molar-refractivity contribution >= 4 is 0 Å². The summed E-state index contributed by atoms with van der Waals surface area (Å²) >= 11 is 0. The van der Waals surface area contributed by atoms with Gasteiger partial charge in [-0.05, 0) is 49.7 Å². The highest BCUT2D eigenvalue weighted by molar-refractivity contribution is 5.42. The van der Waals surface area contributed by atoms with Gasteiger partial charge in [-0.1, -0.05) is 43.5 Å². The molecule has 1 saturated carbocycles. The molecule has 0 aliphatic heterocycles. The summed E-state index contributed by atoms with van der Waals surface area (Å²) in [6.45, 7) is 2.60. The van der Waals surface area contributed by atoms with Crippen molar-refractivity contribution in [3.05, 3.63) is 35.4 Å². The van der Waals surface area contributed by atoms with Crippen LogP contribution in [-0.4, -0.2) is 17.3 Å². The third kappa shape index (κ3) is 1.93. The molecule has 1 aromatic carbocycles. The molecule has 2 aliphatic rings. The Kier molecular flexibility index (Phi) is 3.64. The predicted molar refractivity (Wildman–Crippen MR) is 82.7 cm³/mol. The molecule has 1 fully saturated rings. The molecule has 0 bridgehead atoms. The van der Waals surface area contributed by atoms with Crippen molar-refractivity contribution in [2.45, 2.75) is 62.9 Å². The molecule has 0 spiro atoms. The predicted octanol–water partition coefficient (Wildman–Crippen LogP) is 3.16. The number of hydrogen-bond donors (Lipinski definition) is 2. The van der Waals surface area contributed by atoms with Crippen LogP contribution in [0.1, 0.15) is 56.6 Å². The van der Waals surface area contributed by atoms with Gasteiger partial charge >= 0.3 is 0 Å². The average Bonchev–Trinajstić information content (AvgIpc) is 2.88. The first kappa shape index (κ1) is 14.1. The highest BCUT2D eigenvalue weighted by Crippen LogP contribution is 2.51. The first-order valence-electron chi connectivity index (χ1n) is 8.13. The number of aliphatic hydroxyl groups is 1. The molecule has 0 saturated heterocycles. The van der Waals surface area contributed by atoms with Gasteiger partial charge in [0.15, 0.2) is 0 Å². The van der Waals surface area contributed by atoms with E-state index in [1.165, 1.54) is 30.4 Å². The molecule has 2 atom stereocenters. The van der Waals surface area contributed by atoms with Crippen LogP contribution >= 0.6 is 0 Å². The zero-order valence-corrected chi connectivity index (χ0v) is 12.6. The number of nitrogens with two attached hydrogens (primary N) is 1. The van der Waals surface area contributed by atoms with E-state index in [4.69, 9.17) is 5.73 Å². The second kappa shape index (κ2) is 5.16. The Morgan fingerprint density at radius 3 is 2.65 bits per heavy atom. The number of hydrogen-bond acceptors (Lipinski definition) is 2. The lowest BCUT2D eigenvalue weighted by Gasteiger charge is -2.49. The van der Waals surface area contributed by atoms with Crippen molar-refractivity contribution < 1.29 is 5.11 Å². The molecule has 2 unspecified atom stereocenters. The van der Waals surface area contributed by atoms with E-state index < -0.39 is 5.60 Å². The summed E-state index contributed by atoms with van der Waals surface area (Å²) in [6.07, 6.45) is 8.17. The Hall–Kier alpha value is -0.860. The molecular formula is C18H27NO. The summed E-state index contributed by atoms with van der Waals surface area (Å²) in [6, 6.07) is 8.57. The summed E-state index contributed by atoms with van der Waals surface area (Å²) in [5.41, 5.74) is 7.97. The van der Waals surface area contributed by atoms with Crippen LogP contribution in [0.4, 0.5) is 0 Å². The quantitative estimate of drug-likeness (QED) is 0.888. The van der Waals surface area contributed by atoms with Crippen molar-refractivity contribution in [3.63, 3.8) is 0 Å². The average molecular weight is 273 g/mol. The Morgan fingerprint density at radius 2 is 1.95 bits per heavy atom. The molecule has 3 rings (SSSR count). The van der Waals surface area contributed by atoms with Gasteiger partial charge in [-0.3, -0.25) is 0 Å². The zero-order valence-electron chi connectivity index (χ0n) is 12.6. The minimum atomic E-state index is -0.686. The van der Waals surface area contributed by atoms with Gasteiger partial charge in [-0.15, -0.1) is 0 Å². The van der Waals surface area contributed by atoms with E-state index in [1.54, 1.807) is 0 Å². The van der Waals surface area contributed by atoms with Crippen LogP contribution < -0.4 is 5.73 Å². The molecular weight excluding hydrogens is 246 g/mol. The fourth-order valence-electron chi connectivity index (χ4n) is 4.69. The maximum absolute atomic E-state index is 11.5. The molecule has 2 nitrogen and oxygen atoms in total. The topological polar surface area (TPSA) is 46.2 Å². The van der Waals surface area contributed by atoms with E-state index in [0.717, 1.165) is 25.7 Å². The second-order valence-electron chi connectivity index (χ2n) is 6.93. The number of aryl methyl sites for hydroxylation is 1. The maximum Gasteiger partial charge on any atom is 0.0756 e. The van der Waals surface area contributed by atoms with E-state index in [0.29, 0.717) is 12.5 Å². The molecule has 3 N–H and O–H groups in total. The highest BCUT2D eigenvalue weighted by atomic mass is 16.3. The molecule has 2 heteroatoms. The van der Waals surface area contributed by atoms with E-state index in [1.807, 2.05) is 0 Å². The van der Waals surface area contributed by atoms with Crippen LogP contribution in [0, 0.1) is 5.92 Å². The first-order chi connectivity index (χ1) is 9.62. The Bertz CT molecular complexity index is 476. The Morgan fingerprint density at radius 1 is 1.25 bits per heavy atom.